The highest BCUT2D eigenvalue weighted by Crippen LogP contribution is 2.23. The van der Waals surface area contributed by atoms with Gasteiger partial charge in [-0.2, -0.15) is 0 Å². The fourth-order valence-corrected chi connectivity index (χ4v) is 2.86. The van der Waals surface area contributed by atoms with Gasteiger partial charge in [-0.05, 0) is 36.8 Å². The van der Waals surface area contributed by atoms with Crippen molar-refractivity contribution in [1.29, 1.82) is 0 Å². The Morgan fingerprint density at radius 3 is 2.65 bits per heavy atom. The van der Waals surface area contributed by atoms with Gasteiger partial charge in [0.25, 0.3) is 5.91 Å². The second-order valence-corrected chi connectivity index (χ2v) is 6.70. The predicted octanol–water partition coefficient (Wildman–Crippen LogP) is 2.08. The third-order valence-electron chi connectivity index (χ3n) is 4.36. The van der Waals surface area contributed by atoms with Gasteiger partial charge in [0, 0.05) is 11.3 Å². The number of benzene rings is 2. The molecular weight excluding hydrogens is 402 g/mol. The van der Waals surface area contributed by atoms with Crippen LogP contribution in [-0.4, -0.2) is 49.0 Å². The summed E-state index contributed by atoms with van der Waals surface area (Å²) in [4.78, 5) is 49.3. The number of para-hydroxylation sites is 1. The van der Waals surface area contributed by atoms with Crippen LogP contribution in [0.2, 0.25) is 0 Å². The fraction of sp³-hybridized carbons (Fsp3) is 0.182. The number of amides is 4. The van der Waals surface area contributed by atoms with Crippen LogP contribution in [0.4, 0.5) is 10.5 Å². The van der Waals surface area contributed by atoms with Crippen molar-refractivity contribution in [2.24, 2.45) is 0 Å². The Kier molecular flexibility index (Phi) is 6.66. The van der Waals surface area contributed by atoms with E-state index in [-0.39, 0.29) is 12.3 Å². The van der Waals surface area contributed by atoms with E-state index < -0.39 is 30.4 Å². The molecule has 1 fully saturated rings. The number of anilines is 1. The molecule has 1 aliphatic rings. The topological polar surface area (TPSA) is 114 Å². The number of imide groups is 1. The van der Waals surface area contributed by atoms with Crippen molar-refractivity contribution < 1.29 is 28.7 Å². The van der Waals surface area contributed by atoms with E-state index in [1.165, 1.54) is 13.2 Å². The van der Waals surface area contributed by atoms with E-state index in [4.69, 9.17) is 4.74 Å². The average Bonchev–Trinajstić information content (AvgIpc) is 3.00. The highest BCUT2D eigenvalue weighted by Gasteiger charge is 2.35. The maximum atomic E-state index is 12.7. The van der Waals surface area contributed by atoms with Crippen molar-refractivity contribution in [3.8, 4) is 5.75 Å². The van der Waals surface area contributed by atoms with Gasteiger partial charge in [0.05, 0.1) is 7.11 Å². The molecule has 3 rings (SSSR count). The first-order valence-corrected chi connectivity index (χ1v) is 9.37. The van der Waals surface area contributed by atoms with Gasteiger partial charge < -0.3 is 20.1 Å². The first kappa shape index (κ1) is 21.6. The van der Waals surface area contributed by atoms with E-state index in [0.29, 0.717) is 17.0 Å². The number of methoxy groups -OCH3 is 1. The normalized spacial score (nSPS) is 14.4. The molecule has 1 aliphatic heterocycles. The summed E-state index contributed by atoms with van der Waals surface area (Å²) in [6.07, 6.45) is 1.42. The minimum absolute atomic E-state index is 0.0116. The molecule has 0 unspecified atom stereocenters. The van der Waals surface area contributed by atoms with Gasteiger partial charge in [0.15, 0.2) is 6.61 Å². The zero-order valence-electron chi connectivity index (χ0n) is 17.0. The van der Waals surface area contributed by atoms with Gasteiger partial charge >= 0.3 is 12.0 Å². The van der Waals surface area contributed by atoms with Crippen LogP contribution in [-0.2, 0) is 19.1 Å². The van der Waals surface area contributed by atoms with Gasteiger partial charge in [-0.15, -0.1) is 0 Å². The van der Waals surface area contributed by atoms with Crippen LogP contribution < -0.4 is 15.4 Å². The van der Waals surface area contributed by atoms with Crippen molar-refractivity contribution in [1.82, 2.24) is 10.2 Å². The van der Waals surface area contributed by atoms with E-state index in [0.717, 1.165) is 10.5 Å². The standard InChI is InChI=1S/C22H21N3O6/c1-14-6-5-8-16(10-14)23-19(26)12-25-21(28)17(24-22(25)29)11-15-7-3-4-9-18(15)31-13-20(27)30-2/h3-11H,12-13H2,1-2H3,(H,23,26)(H,24,29)/b17-11+. The average molecular weight is 423 g/mol. The quantitative estimate of drug-likeness (QED) is 0.400. The lowest BCUT2D eigenvalue weighted by Crippen LogP contribution is -2.38. The van der Waals surface area contributed by atoms with Crippen LogP contribution in [0.1, 0.15) is 11.1 Å². The van der Waals surface area contributed by atoms with E-state index in [1.807, 2.05) is 13.0 Å². The first-order valence-electron chi connectivity index (χ1n) is 9.37. The first-order chi connectivity index (χ1) is 14.9. The maximum Gasteiger partial charge on any atom is 0.343 e. The third-order valence-corrected chi connectivity index (χ3v) is 4.36. The number of aryl methyl sites for hydroxylation is 1. The molecule has 0 spiro atoms. The van der Waals surface area contributed by atoms with Crippen LogP contribution in [0.5, 0.6) is 5.75 Å². The molecule has 2 N–H and O–H groups in total. The minimum Gasteiger partial charge on any atom is -0.481 e. The Labute approximate surface area is 178 Å². The fourth-order valence-electron chi connectivity index (χ4n) is 2.86. The zero-order chi connectivity index (χ0) is 22.4. The second-order valence-electron chi connectivity index (χ2n) is 6.70. The van der Waals surface area contributed by atoms with Gasteiger partial charge in [0.2, 0.25) is 5.91 Å². The number of ether oxygens (including phenoxy) is 2. The lowest BCUT2D eigenvalue weighted by molar-refractivity contribution is -0.142. The van der Waals surface area contributed by atoms with Gasteiger partial charge in [-0.25, -0.2) is 14.5 Å². The summed E-state index contributed by atoms with van der Waals surface area (Å²) in [5.74, 6) is -1.37. The number of rotatable bonds is 7. The van der Waals surface area contributed by atoms with Crippen LogP contribution >= 0.6 is 0 Å². The number of esters is 1. The smallest absolute Gasteiger partial charge is 0.343 e. The van der Waals surface area contributed by atoms with Crippen molar-refractivity contribution in [3.05, 3.63) is 65.4 Å². The lowest BCUT2D eigenvalue weighted by Gasteiger charge is -2.12. The van der Waals surface area contributed by atoms with Crippen molar-refractivity contribution >= 4 is 35.6 Å². The molecule has 31 heavy (non-hydrogen) atoms. The van der Waals surface area contributed by atoms with Crippen molar-refractivity contribution in [2.75, 3.05) is 25.6 Å². The highest BCUT2D eigenvalue weighted by atomic mass is 16.6. The number of hydrogen-bond donors (Lipinski definition) is 2. The lowest BCUT2D eigenvalue weighted by atomic mass is 10.1. The largest absolute Gasteiger partial charge is 0.481 e. The molecule has 0 aliphatic carbocycles. The van der Waals surface area contributed by atoms with Crippen molar-refractivity contribution in [3.63, 3.8) is 0 Å². The Bertz CT molecular complexity index is 1060. The predicted molar refractivity (Wildman–Crippen MR) is 112 cm³/mol. The van der Waals surface area contributed by atoms with Crippen LogP contribution in [0.25, 0.3) is 6.08 Å². The van der Waals surface area contributed by atoms with Crippen LogP contribution in [0.3, 0.4) is 0 Å². The van der Waals surface area contributed by atoms with Crippen molar-refractivity contribution in [2.45, 2.75) is 6.92 Å². The number of nitrogens with zero attached hydrogens (tertiary/aromatic N) is 1. The third kappa shape index (κ3) is 5.47. The van der Waals surface area contributed by atoms with Crippen LogP contribution in [0.15, 0.2) is 54.2 Å². The Morgan fingerprint density at radius 1 is 1.13 bits per heavy atom. The number of carbonyl (C=O) groups is 4. The number of carbonyl (C=O) groups excluding carboxylic acids is 4. The summed E-state index contributed by atoms with van der Waals surface area (Å²) < 4.78 is 9.95. The molecule has 1 heterocycles. The second kappa shape index (κ2) is 9.57. The zero-order valence-corrected chi connectivity index (χ0v) is 17.0. The Balaban J connectivity index is 1.71. The maximum absolute atomic E-state index is 12.7. The van der Waals surface area contributed by atoms with E-state index in [2.05, 4.69) is 15.4 Å². The molecule has 2 aromatic rings. The number of hydrogen-bond acceptors (Lipinski definition) is 6. The number of nitrogens with one attached hydrogen (secondary N) is 2. The van der Waals surface area contributed by atoms with E-state index in [1.54, 1.807) is 42.5 Å². The molecule has 0 bridgehead atoms. The SMILES string of the molecule is COC(=O)COc1ccccc1/C=C1/NC(=O)N(CC(=O)Nc2cccc(C)c2)C1=O. The summed E-state index contributed by atoms with van der Waals surface area (Å²) in [7, 11) is 1.25. The summed E-state index contributed by atoms with van der Waals surface area (Å²) in [5, 5.41) is 5.12. The number of urea groups is 1. The summed E-state index contributed by atoms with van der Waals surface area (Å²) >= 11 is 0. The van der Waals surface area contributed by atoms with Gasteiger partial charge in [-0.1, -0.05) is 30.3 Å². The molecule has 0 saturated carbocycles. The van der Waals surface area contributed by atoms with E-state index >= 15 is 0 Å². The van der Waals surface area contributed by atoms with Gasteiger partial charge in [-0.3, -0.25) is 9.59 Å². The summed E-state index contributed by atoms with van der Waals surface area (Å²) in [6.45, 7) is 1.15. The Morgan fingerprint density at radius 2 is 1.90 bits per heavy atom. The molecule has 0 atom stereocenters. The van der Waals surface area contributed by atoms with E-state index in [9.17, 15) is 19.2 Å². The van der Waals surface area contributed by atoms with Gasteiger partial charge in [0.1, 0.15) is 18.0 Å². The molecular formula is C22H21N3O6. The minimum atomic E-state index is -0.705. The molecule has 1 saturated heterocycles. The molecule has 9 nitrogen and oxygen atoms in total. The molecule has 0 aromatic heterocycles. The Hall–Kier alpha value is -4.14. The summed E-state index contributed by atoms with van der Waals surface area (Å²) in [5.41, 5.74) is 2.00. The molecule has 2 aromatic carbocycles. The monoisotopic (exact) mass is 423 g/mol. The molecule has 9 heteroatoms. The van der Waals surface area contributed by atoms with Crippen LogP contribution in [0, 0.1) is 6.92 Å². The molecule has 160 valence electrons. The highest BCUT2D eigenvalue weighted by molar-refractivity contribution is 6.16. The molecule has 0 radical (unpaired) electrons. The molecule has 4 amide bonds. The summed E-state index contributed by atoms with van der Waals surface area (Å²) in [6, 6.07) is 13.2.